The van der Waals surface area contributed by atoms with Gasteiger partial charge in [-0.2, -0.15) is 46.2 Å². The van der Waals surface area contributed by atoms with Crippen molar-refractivity contribution in [3.63, 3.8) is 0 Å². The normalized spacial score (nSPS) is 2.64. The van der Waals surface area contributed by atoms with E-state index in [9.17, 15) is 0 Å². The lowest BCUT2D eigenvalue weighted by atomic mass is 11.7. The molecule has 0 atom stereocenters. The van der Waals surface area contributed by atoms with E-state index in [0.717, 1.165) is 0 Å². The molecular weight excluding hydrogens is 276 g/mol. The fraction of sp³-hybridized carbons (Fsp3) is 0. The van der Waals surface area contributed by atoms with Gasteiger partial charge in [0.05, 0.1) is 0 Å². The Morgan fingerprint density at radius 2 is 1.00 bits per heavy atom. The van der Waals surface area contributed by atoms with Crippen molar-refractivity contribution in [3.05, 3.63) is 0 Å². The third kappa shape index (κ3) is 3730. The molecule has 0 spiro atoms. The second-order valence-electron chi connectivity index (χ2n) is 0.359. The minimum absolute atomic E-state index is 0. The lowest BCUT2D eigenvalue weighted by Gasteiger charge is -1.88. The van der Waals surface area contributed by atoms with Crippen LogP contribution in [-0.4, -0.2) is 18.8 Å². The average molecular weight is 283 g/mol. The van der Waals surface area contributed by atoms with Gasteiger partial charge in [0.2, 0.25) is 0 Å². The number of carbonyl (C=O) groups is 1. The van der Waals surface area contributed by atoms with E-state index in [1.807, 2.05) is 0 Å². The SMILES string of the molecule is O=C=O.O=C=O.O=CO[O-].S.S.[SH-].[SH-]. The highest BCUT2D eigenvalue weighted by molar-refractivity contribution is 7.59. The molecule has 0 aromatic carbocycles. The lowest BCUT2D eigenvalue weighted by molar-refractivity contribution is -0.652. The van der Waals surface area contributed by atoms with Gasteiger partial charge in [0.1, 0.15) is 0 Å². The summed E-state index contributed by atoms with van der Waals surface area (Å²) in [5.41, 5.74) is 0. The Morgan fingerprint density at radius 3 is 1.00 bits per heavy atom. The smallest absolute Gasteiger partial charge is 0.373 e. The molecule has 0 saturated carbocycles. The molecule has 0 bridgehead atoms. The van der Waals surface area contributed by atoms with Crippen LogP contribution < -0.4 is 5.26 Å². The predicted octanol–water partition coefficient (Wildman–Crippen LogP) is -3.05. The van der Waals surface area contributed by atoms with Gasteiger partial charge in [-0.25, -0.2) is 0 Å². The molecule has 0 aromatic heterocycles. The van der Waals surface area contributed by atoms with E-state index in [-0.39, 0.29) is 72.8 Å². The van der Waals surface area contributed by atoms with Crippen molar-refractivity contribution in [1.29, 1.82) is 0 Å². The van der Waals surface area contributed by atoms with Crippen molar-refractivity contribution in [3.8, 4) is 0 Å². The van der Waals surface area contributed by atoms with Crippen LogP contribution in [0.3, 0.4) is 0 Å². The summed E-state index contributed by atoms with van der Waals surface area (Å²) >= 11 is 0. The molecule has 0 aliphatic carbocycles. The molecule has 0 rings (SSSR count). The maximum Gasteiger partial charge on any atom is 0.373 e. The van der Waals surface area contributed by atoms with Gasteiger partial charge in [0.15, 0.2) is 0 Å². The van der Waals surface area contributed by atoms with E-state index >= 15 is 0 Å². The molecule has 0 aliphatic rings. The number of thiol groups is 2. The molecule has 0 N–H and O–H groups in total. The molecule has 0 heterocycles. The summed E-state index contributed by atoms with van der Waals surface area (Å²) in [4.78, 5) is 43.8. The maximum absolute atomic E-state index is 8.64. The second-order valence-corrected chi connectivity index (χ2v) is 0.359. The Morgan fingerprint density at radius 1 is 0.929 bits per heavy atom. The third-order valence-electron chi connectivity index (χ3n) is 0.0393. The Balaban J connectivity index is -0.00000000929. The van der Waals surface area contributed by atoms with Gasteiger partial charge in [0, 0.05) is 0 Å². The first-order chi connectivity index (χ1) is 4.74. The summed E-state index contributed by atoms with van der Waals surface area (Å²) in [5, 5.41) is 8.43. The monoisotopic (exact) mass is 283 g/mol. The molecule has 0 unspecified atom stereocenters. The first-order valence-corrected chi connectivity index (χ1v) is 1.45. The summed E-state index contributed by atoms with van der Waals surface area (Å²) in [5.74, 6) is 0. The van der Waals surface area contributed by atoms with E-state index < -0.39 is 0 Å². The Kier molecular flexibility index (Phi) is 465. The topological polar surface area (TPSA) is 118 Å². The molecule has 0 radical (unpaired) electrons. The van der Waals surface area contributed by atoms with Crippen LogP contribution in [0.15, 0.2) is 0 Å². The zero-order chi connectivity index (χ0) is 8.83. The van der Waals surface area contributed by atoms with E-state index in [2.05, 4.69) is 4.89 Å². The first-order valence-electron chi connectivity index (χ1n) is 1.45. The summed E-state index contributed by atoms with van der Waals surface area (Å²) in [7, 11) is 0. The summed E-state index contributed by atoms with van der Waals surface area (Å²) < 4.78 is 0. The zero-order valence-corrected chi connectivity index (χ0v) is 10.1. The van der Waals surface area contributed by atoms with Gasteiger partial charge in [-0.05, 0) is 0 Å². The summed E-state index contributed by atoms with van der Waals surface area (Å²) in [6.07, 6.45) is 0.500. The van der Waals surface area contributed by atoms with Crippen molar-refractivity contribution < 1.29 is 34.1 Å². The quantitative estimate of drug-likeness (QED) is 0.163. The molecule has 14 heavy (non-hydrogen) atoms. The van der Waals surface area contributed by atoms with E-state index in [1.165, 1.54) is 0 Å². The van der Waals surface area contributed by atoms with Crippen LogP contribution in [0.25, 0.3) is 0 Å². The fourth-order valence-electron chi connectivity index (χ4n) is 0. The number of carbonyl (C=O) groups excluding carboxylic acids is 5. The Bertz CT molecular complexity index is 115. The van der Waals surface area contributed by atoms with Crippen LogP contribution in [0, 0.1) is 0 Å². The van der Waals surface area contributed by atoms with Gasteiger partial charge in [-0.1, -0.05) is 0 Å². The van der Waals surface area contributed by atoms with Gasteiger partial charge in [0.25, 0.3) is 6.47 Å². The maximum atomic E-state index is 8.64. The number of rotatable bonds is 1. The van der Waals surface area contributed by atoms with Gasteiger partial charge < -0.3 is 37.1 Å². The minimum atomic E-state index is -0.181. The van der Waals surface area contributed by atoms with Crippen LogP contribution >= 0.6 is 27.0 Å². The van der Waals surface area contributed by atoms with Crippen LogP contribution in [-0.2, 0) is 55.9 Å². The fourth-order valence-corrected chi connectivity index (χ4v) is 0. The molecule has 11 heteroatoms. The van der Waals surface area contributed by atoms with Crippen LogP contribution in [0.5, 0.6) is 0 Å². The molecule has 88 valence electrons. The second kappa shape index (κ2) is 131. The van der Waals surface area contributed by atoms with Gasteiger partial charge in [-0.15, -0.1) is 0 Å². The van der Waals surface area contributed by atoms with Crippen molar-refractivity contribution in [2.24, 2.45) is 0 Å². The van der Waals surface area contributed by atoms with Crippen molar-refractivity contribution in [2.45, 2.75) is 0 Å². The molecule has 0 aromatic rings. The molecule has 0 aliphatic heterocycles. The van der Waals surface area contributed by atoms with Gasteiger partial charge >= 0.3 is 12.3 Å². The summed E-state index contributed by atoms with van der Waals surface area (Å²) in [6, 6.07) is 0. The van der Waals surface area contributed by atoms with Crippen LogP contribution in [0.2, 0.25) is 0 Å². The Hall–Kier alpha value is -0.410. The number of hydrogen-bond acceptors (Lipinski definition) is 9. The molecule has 7 nitrogen and oxygen atoms in total. The predicted molar refractivity (Wildman–Crippen MR) is 55.4 cm³/mol. The largest absolute Gasteiger partial charge is 0.813 e. The highest BCUT2D eigenvalue weighted by Crippen LogP contribution is 1.22. The lowest BCUT2D eigenvalue weighted by Crippen LogP contribution is -2.00. The summed E-state index contributed by atoms with van der Waals surface area (Å²) in [6.45, 7) is -0.181. The molecular formula is C3H7O7S4-3. The van der Waals surface area contributed by atoms with E-state index in [1.54, 1.807) is 0 Å². The standard InChI is InChI=1S/CH2O3.2CO2.4H2S/c2-1-4-3;2*2-1-3;;;;/h1,3H;;;4*1H2/p-3. The highest BCUT2D eigenvalue weighted by atomic mass is 32.1. The average Bonchev–Trinajstić information content (AvgIpc) is 1.91. The van der Waals surface area contributed by atoms with Gasteiger partial charge in [-0.3, -0.25) is 4.79 Å². The van der Waals surface area contributed by atoms with Crippen molar-refractivity contribution in [1.82, 2.24) is 0 Å². The van der Waals surface area contributed by atoms with E-state index in [4.69, 9.17) is 29.2 Å². The molecule has 0 fully saturated rings. The highest BCUT2D eigenvalue weighted by Gasteiger charge is 1.34. The molecule has 0 saturated heterocycles. The Labute approximate surface area is 107 Å². The van der Waals surface area contributed by atoms with E-state index in [0.29, 0.717) is 0 Å². The van der Waals surface area contributed by atoms with Crippen LogP contribution in [0.1, 0.15) is 0 Å². The first kappa shape index (κ1) is 49.6. The third-order valence-corrected chi connectivity index (χ3v) is 0.0393. The zero-order valence-electron chi connectivity index (χ0n) is 6.33. The van der Waals surface area contributed by atoms with Crippen LogP contribution in [0.4, 0.5) is 0 Å². The molecule has 0 amide bonds. The van der Waals surface area contributed by atoms with Crippen molar-refractivity contribution in [2.75, 3.05) is 0 Å². The minimum Gasteiger partial charge on any atom is -0.813 e. The van der Waals surface area contributed by atoms with Crippen molar-refractivity contribution >= 4 is 72.8 Å². The number of hydrogen-bond donors (Lipinski definition) is 0.